The molecule has 0 aromatic heterocycles. The number of carboxylic acid groups (broad SMARTS) is 1. The number of nitrogens with zero attached hydrogens (tertiary/aromatic N) is 1. The van der Waals surface area contributed by atoms with Crippen LogP contribution in [-0.4, -0.2) is 40.6 Å². The van der Waals surface area contributed by atoms with E-state index in [0.717, 1.165) is 17.3 Å². The minimum atomic E-state index is -0.948. The second kappa shape index (κ2) is 6.93. The number of likely N-dealkylation sites (tertiary alicyclic amines) is 1. The molecule has 114 valence electrons. The van der Waals surface area contributed by atoms with E-state index in [2.05, 4.69) is 15.9 Å². The highest BCUT2D eigenvalue weighted by Gasteiger charge is 2.34. The van der Waals surface area contributed by atoms with Crippen LogP contribution in [0.4, 0.5) is 0 Å². The fourth-order valence-electron chi connectivity index (χ4n) is 2.47. The van der Waals surface area contributed by atoms with Gasteiger partial charge in [-0.2, -0.15) is 0 Å². The minimum Gasteiger partial charge on any atom is -0.480 e. The number of hydrogen-bond acceptors (Lipinski definition) is 3. The Morgan fingerprint density at radius 1 is 1.38 bits per heavy atom. The van der Waals surface area contributed by atoms with E-state index >= 15 is 0 Å². The Morgan fingerprint density at radius 3 is 2.76 bits per heavy atom. The van der Waals surface area contributed by atoms with Crippen molar-refractivity contribution in [1.82, 2.24) is 4.90 Å². The summed E-state index contributed by atoms with van der Waals surface area (Å²) in [5.41, 5.74) is 0. The van der Waals surface area contributed by atoms with Crippen molar-refractivity contribution in [2.75, 3.05) is 6.54 Å². The maximum atomic E-state index is 12.5. The second-order valence-corrected chi connectivity index (χ2v) is 5.93. The Bertz CT molecular complexity index is 534. The molecule has 1 N–H and O–H groups in total. The van der Waals surface area contributed by atoms with Crippen molar-refractivity contribution in [3.63, 3.8) is 0 Å². The van der Waals surface area contributed by atoms with Crippen molar-refractivity contribution >= 4 is 27.8 Å². The number of rotatable bonds is 4. The molecule has 0 spiro atoms. The molecular weight excluding hydrogens is 338 g/mol. The van der Waals surface area contributed by atoms with E-state index in [1.54, 1.807) is 13.0 Å². The summed E-state index contributed by atoms with van der Waals surface area (Å²) in [5.74, 6) is -0.656. The maximum Gasteiger partial charge on any atom is 0.326 e. The molecule has 1 unspecified atom stereocenters. The minimum absolute atomic E-state index is 0.280. The number of hydrogen-bond donors (Lipinski definition) is 1. The molecule has 0 saturated carbocycles. The summed E-state index contributed by atoms with van der Waals surface area (Å²) < 4.78 is 6.42. The number of amides is 1. The Kier molecular flexibility index (Phi) is 5.22. The number of piperidine rings is 1. The molecule has 2 atom stereocenters. The van der Waals surface area contributed by atoms with Gasteiger partial charge in [0.2, 0.25) is 0 Å². The average molecular weight is 356 g/mol. The first-order chi connectivity index (χ1) is 10.0. The summed E-state index contributed by atoms with van der Waals surface area (Å²) in [5, 5.41) is 9.23. The van der Waals surface area contributed by atoms with Gasteiger partial charge in [-0.1, -0.05) is 12.1 Å². The van der Waals surface area contributed by atoms with Crippen molar-refractivity contribution in [2.45, 2.75) is 38.3 Å². The highest BCUT2D eigenvalue weighted by atomic mass is 79.9. The Labute approximate surface area is 132 Å². The zero-order chi connectivity index (χ0) is 15.4. The van der Waals surface area contributed by atoms with Gasteiger partial charge in [0.1, 0.15) is 11.8 Å². The lowest BCUT2D eigenvalue weighted by Crippen LogP contribution is -2.52. The van der Waals surface area contributed by atoms with Gasteiger partial charge >= 0.3 is 5.97 Å². The predicted molar refractivity (Wildman–Crippen MR) is 81.2 cm³/mol. The van der Waals surface area contributed by atoms with Gasteiger partial charge in [0.05, 0.1) is 4.47 Å². The van der Waals surface area contributed by atoms with Crippen LogP contribution in [0.15, 0.2) is 28.7 Å². The third-order valence-electron chi connectivity index (χ3n) is 3.56. The summed E-state index contributed by atoms with van der Waals surface area (Å²) in [6.07, 6.45) is 1.45. The van der Waals surface area contributed by atoms with Crippen LogP contribution < -0.4 is 4.74 Å². The third-order valence-corrected chi connectivity index (χ3v) is 4.21. The van der Waals surface area contributed by atoms with Crippen LogP contribution in [0.5, 0.6) is 5.75 Å². The van der Waals surface area contributed by atoms with E-state index in [0.29, 0.717) is 18.7 Å². The molecular formula is C15H18BrNO4. The summed E-state index contributed by atoms with van der Waals surface area (Å²) in [4.78, 5) is 25.1. The lowest BCUT2D eigenvalue weighted by atomic mass is 10.0. The largest absolute Gasteiger partial charge is 0.480 e. The second-order valence-electron chi connectivity index (χ2n) is 5.07. The van der Waals surface area contributed by atoms with Gasteiger partial charge < -0.3 is 14.7 Å². The van der Waals surface area contributed by atoms with Crippen LogP contribution in [0.1, 0.15) is 26.2 Å². The van der Waals surface area contributed by atoms with E-state index in [1.807, 2.05) is 18.2 Å². The highest BCUT2D eigenvalue weighted by molar-refractivity contribution is 9.10. The first-order valence-corrected chi connectivity index (χ1v) is 7.74. The molecule has 21 heavy (non-hydrogen) atoms. The Hall–Kier alpha value is -1.56. The maximum absolute atomic E-state index is 12.5. The van der Waals surface area contributed by atoms with Crippen LogP contribution in [0.2, 0.25) is 0 Å². The molecule has 1 saturated heterocycles. The first kappa shape index (κ1) is 15.8. The number of aliphatic carboxylic acids is 1. The molecule has 6 heteroatoms. The number of para-hydroxylation sites is 1. The van der Waals surface area contributed by atoms with Crippen molar-refractivity contribution in [3.8, 4) is 5.75 Å². The zero-order valence-corrected chi connectivity index (χ0v) is 13.4. The normalized spacial score (nSPS) is 19.9. The van der Waals surface area contributed by atoms with Crippen LogP contribution >= 0.6 is 15.9 Å². The van der Waals surface area contributed by atoms with E-state index in [9.17, 15) is 14.7 Å². The number of halogens is 1. The van der Waals surface area contributed by atoms with Crippen LogP contribution in [0, 0.1) is 0 Å². The molecule has 1 fully saturated rings. The van der Waals surface area contributed by atoms with Crippen molar-refractivity contribution in [3.05, 3.63) is 28.7 Å². The lowest BCUT2D eigenvalue weighted by Gasteiger charge is -2.34. The number of benzene rings is 1. The van der Waals surface area contributed by atoms with Crippen molar-refractivity contribution < 1.29 is 19.4 Å². The number of ether oxygens (including phenoxy) is 1. The van der Waals surface area contributed by atoms with E-state index in [-0.39, 0.29) is 5.91 Å². The zero-order valence-electron chi connectivity index (χ0n) is 11.8. The van der Waals surface area contributed by atoms with E-state index in [1.165, 1.54) is 4.90 Å². The molecule has 1 amide bonds. The van der Waals surface area contributed by atoms with Gasteiger partial charge in [0.25, 0.3) is 5.91 Å². The molecule has 1 aliphatic rings. The van der Waals surface area contributed by atoms with Crippen LogP contribution in [-0.2, 0) is 9.59 Å². The number of carboxylic acids is 1. The summed E-state index contributed by atoms with van der Waals surface area (Å²) in [6, 6.07) is 6.52. The first-order valence-electron chi connectivity index (χ1n) is 6.95. The van der Waals surface area contributed by atoms with Crippen molar-refractivity contribution in [1.29, 1.82) is 0 Å². The average Bonchev–Trinajstić information content (AvgIpc) is 2.48. The molecule has 2 rings (SSSR count). The number of carbonyl (C=O) groups excluding carboxylic acids is 1. The van der Waals surface area contributed by atoms with Gasteiger partial charge in [0, 0.05) is 6.54 Å². The monoisotopic (exact) mass is 355 g/mol. The van der Waals surface area contributed by atoms with Crippen LogP contribution in [0.25, 0.3) is 0 Å². The topological polar surface area (TPSA) is 66.8 Å². The predicted octanol–water partition coefficient (Wildman–Crippen LogP) is 2.68. The van der Waals surface area contributed by atoms with Gasteiger partial charge in [0.15, 0.2) is 6.10 Å². The summed E-state index contributed by atoms with van der Waals surface area (Å²) in [6.45, 7) is 2.12. The molecule has 0 radical (unpaired) electrons. The third kappa shape index (κ3) is 3.75. The van der Waals surface area contributed by atoms with Crippen molar-refractivity contribution in [2.24, 2.45) is 0 Å². The van der Waals surface area contributed by atoms with Gasteiger partial charge in [-0.15, -0.1) is 0 Å². The van der Waals surface area contributed by atoms with E-state index in [4.69, 9.17) is 4.74 Å². The van der Waals surface area contributed by atoms with Crippen LogP contribution in [0.3, 0.4) is 0 Å². The number of carbonyl (C=O) groups is 2. The Morgan fingerprint density at radius 2 is 2.10 bits per heavy atom. The molecule has 0 aliphatic carbocycles. The molecule has 1 aromatic carbocycles. The molecule has 1 heterocycles. The fourth-order valence-corrected chi connectivity index (χ4v) is 2.85. The fraction of sp³-hybridized carbons (Fsp3) is 0.467. The summed E-state index contributed by atoms with van der Waals surface area (Å²) in [7, 11) is 0. The molecule has 0 bridgehead atoms. The van der Waals surface area contributed by atoms with Gasteiger partial charge in [-0.05, 0) is 54.2 Å². The smallest absolute Gasteiger partial charge is 0.326 e. The molecule has 1 aromatic rings. The SMILES string of the molecule is CC(Oc1ccccc1Br)C(=O)N1CCCC[C@@H]1C(=O)O. The van der Waals surface area contributed by atoms with Gasteiger partial charge in [-0.3, -0.25) is 4.79 Å². The Balaban J connectivity index is 2.07. The highest BCUT2D eigenvalue weighted by Crippen LogP contribution is 2.26. The standard InChI is InChI=1S/C15H18BrNO4/c1-10(21-13-8-3-2-6-11(13)16)14(18)17-9-5-4-7-12(17)15(19)20/h2-3,6,8,10,12H,4-5,7,9H2,1H3,(H,19,20)/t10?,12-/m1/s1. The molecule has 5 nitrogen and oxygen atoms in total. The van der Waals surface area contributed by atoms with Gasteiger partial charge in [-0.25, -0.2) is 4.79 Å². The molecule has 1 aliphatic heterocycles. The lowest BCUT2D eigenvalue weighted by molar-refractivity contribution is -0.155. The quantitative estimate of drug-likeness (QED) is 0.901. The van der Waals surface area contributed by atoms with E-state index < -0.39 is 18.1 Å². The summed E-state index contributed by atoms with van der Waals surface area (Å²) >= 11 is 3.36.